The van der Waals surface area contributed by atoms with Crippen LogP contribution in [0.1, 0.15) is 28.5 Å². The number of carbonyl (C=O) groups excluding carboxylic acids is 1. The van der Waals surface area contributed by atoms with Crippen LogP contribution in [0, 0.1) is 6.92 Å². The van der Waals surface area contributed by atoms with Gasteiger partial charge in [0.15, 0.2) is 5.78 Å². The third kappa shape index (κ3) is 2.56. The molecule has 0 unspecified atom stereocenters. The monoisotopic (exact) mass is 241 g/mol. The van der Waals surface area contributed by atoms with Crippen molar-refractivity contribution < 1.29 is 9.53 Å². The molecule has 0 amide bonds. The van der Waals surface area contributed by atoms with E-state index in [1.807, 2.05) is 26.0 Å². The lowest BCUT2D eigenvalue weighted by Gasteiger charge is -2.06. The third-order valence-corrected chi connectivity index (χ3v) is 2.66. The maximum absolute atomic E-state index is 12.3. The quantitative estimate of drug-likeness (QED) is 0.772. The van der Waals surface area contributed by atoms with Gasteiger partial charge >= 0.3 is 0 Å². The number of carbonyl (C=O) groups is 1. The van der Waals surface area contributed by atoms with Gasteiger partial charge in [-0.15, -0.1) is 0 Å². The van der Waals surface area contributed by atoms with Crippen molar-refractivity contribution in [2.75, 3.05) is 6.61 Å². The highest BCUT2D eigenvalue weighted by molar-refractivity contribution is 6.09. The molecule has 0 N–H and O–H groups in total. The molecule has 0 spiro atoms. The van der Waals surface area contributed by atoms with Crippen LogP contribution in [0.2, 0.25) is 0 Å². The van der Waals surface area contributed by atoms with Gasteiger partial charge in [0.05, 0.1) is 6.61 Å². The van der Waals surface area contributed by atoms with Crippen LogP contribution in [0.15, 0.2) is 42.6 Å². The maximum Gasteiger partial charge on any atom is 0.194 e. The third-order valence-electron chi connectivity index (χ3n) is 2.66. The van der Waals surface area contributed by atoms with E-state index in [2.05, 4.69) is 4.98 Å². The van der Waals surface area contributed by atoms with Gasteiger partial charge in [0.1, 0.15) is 5.75 Å². The van der Waals surface area contributed by atoms with Crippen molar-refractivity contribution in [2.45, 2.75) is 13.8 Å². The lowest BCUT2D eigenvalue weighted by atomic mass is 10.0. The van der Waals surface area contributed by atoms with Gasteiger partial charge in [0.25, 0.3) is 0 Å². The Hall–Kier alpha value is -2.16. The second-order valence-electron chi connectivity index (χ2n) is 3.93. The highest BCUT2D eigenvalue weighted by Crippen LogP contribution is 2.17. The molecule has 3 nitrogen and oxygen atoms in total. The Bertz CT molecular complexity index is 564. The Kier molecular flexibility index (Phi) is 3.72. The number of ether oxygens (including phenoxy) is 1. The van der Waals surface area contributed by atoms with Crippen LogP contribution >= 0.6 is 0 Å². The number of aromatic nitrogens is 1. The normalized spacial score (nSPS) is 10.1. The summed E-state index contributed by atoms with van der Waals surface area (Å²) in [5, 5.41) is 0. The molecule has 2 rings (SSSR count). The predicted octanol–water partition coefficient (Wildman–Crippen LogP) is 3.02. The molecule has 1 heterocycles. The maximum atomic E-state index is 12.3. The van der Waals surface area contributed by atoms with Gasteiger partial charge in [-0.25, -0.2) is 0 Å². The molecular formula is C15H15NO2. The van der Waals surface area contributed by atoms with Crippen LogP contribution in [-0.4, -0.2) is 17.4 Å². The first kappa shape index (κ1) is 12.3. The molecule has 1 aromatic heterocycles. The van der Waals surface area contributed by atoms with E-state index >= 15 is 0 Å². The molecule has 2 aromatic rings. The Morgan fingerprint density at radius 2 is 2.11 bits per heavy atom. The molecule has 92 valence electrons. The summed E-state index contributed by atoms with van der Waals surface area (Å²) in [6.07, 6.45) is 1.68. The zero-order chi connectivity index (χ0) is 13.0. The van der Waals surface area contributed by atoms with Crippen molar-refractivity contribution in [1.29, 1.82) is 0 Å². The summed E-state index contributed by atoms with van der Waals surface area (Å²) in [6, 6.07) is 10.8. The molecule has 0 aliphatic rings. The van der Waals surface area contributed by atoms with Gasteiger partial charge in [-0.3, -0.25) is 9.78 Å². The molecule has 3 heteroatoms. The molecule has 1 aromatic carbocycles. The summed E-state index contributed by atoms with van der Waals surface area (Å²) in [4.78, 5) is 16.5. The summed E-state index contributed by atoms with van der Waals surface area (Å²) in [5.74, 6) is 0.687. The van der Waals surface area contributed by atoms with E-state index < -0.39 is 0 Å². The van der Waals surface area contributed by atoms with Crippen LogP contribution in [0.5, 0.6) is 5.75 Å². The number of nitrogens with zero attached hydrogens (tertiary/aromatic N) is 1. The van der Waals surface area contributed by atoms with Crippen LogP contribution in [0.25, 0.3) is 0 Å². The average Bonchev–Trinajstić information content (AvgIpc) is 2.39. The summed E-state index contributed by atoms with van der Waals surface area (Å²) in [7, 11) is 0. The first-order valence-corrected chi connectivity index (χ1v) is 5.91. The minimum atomic E-state index is -0.0258. The largest absolute Gasteiger partial charge is 0.494 e. The molecule has 18 heavy (non-hydrogen) atoms. The molecule has 0 bridgehead atoms. The van der Waals surface area contributed by atoms with Gasteiger partial charge in [0.2, 0.25) is 0 Å². The van der Waals surface area contributed by atoms with Gasteiger partial charge in [-0.2, -0.15) is 0 Å². The lowest BCUT2D eigenvalue weighted by molar-refractivity contribution is 0.103. The fourth-order valence-electron chi connectivity index (χ4n) is 1.77. The zero-order valence-electron chi connectivity index (χ0n) is 10.5. The number of ketones is 1. The van der Waals surface area contributed by atoms with Crippen molar-refractivity contribution in [3.63, 3.8) is 0 Å². The molecule has 0 saturated carbocycles. The average molecular weight is 241 g/mol. The number of hydrogen-bond acceptors (Lipinski definition) is 3. The van der Waals surface area contributed by atoms with Crippen LogP contribution in [0.3, 0.4) is 0 Å². The first-order chi connectivity index (χ1) is 8.72. The van der Waals surface area contributed by atoms with Crippen molar-refractivity contribution in [1.82, 2.24) is 4.98 Å². The summed E-state index contributed by atoms with van der Waals surface area (Å²) in [5.41, 5.74) is 1.99. The smallest absolute Gasteiger partial charge is 0.194 e. The van der Waals surface area contributed by atoms with Crippen LogP contribution in [-0.2, 0) is 0 Å². The fraction of sp³-hybridized carbons (Fsp3) is 0.200. The zero-order valence-corrected chi connectivity index (χ0v) is 10.5. The van der Waals surface area contributed by atoms with Crippen molar-refractivity contribution in [3.8, 4) is 5.75 Å². The molecular weight excluding hydrogens is 226 g/mol. The van der Waals surface area contributed by atoms with Crippen molar-refractivity contribution in [3.05, 3.63) is 59.4 Å². The molecule has 0 fully saturated rings. The van der Waals surface area contributed by atoms with E-state index in [9.17, 15) is 4.79 Å². The van der Waals surface area contributed by atoms with Gasteiger partial charge in [-0.05, 0) is 38.1 Å². The number of rotatable bonds is 4. The Balaban J connectivity index is 2.34. The van der Waals surface area contributed by atoms with E-state index in [-0.39, 0.29) is 5.78 Å². The molecule has 0 atom stereocenters. The minimum Gasteiger partial charge on any atom is -0.494 e. The fourth-order valence-corrected chi connectivity index (χ4v) is 1.77. The first-order valence-electron chi connectivity index (χ1n) is 5.91. The molecule has 0 radical (unpaired) electrons. The number of benzene rings is 1. The van der Waals surface area contributed by atoms with E-state index in [0.29, 0.717) is 23.5 Å². The molecule has 0 aliphatic carbocycles. The van der Waals surface area contributed by atoms with Crippen LogP contribution < -0.4 is 4.74 Å². The molecule has 0 aliphatic heterocycles. The Labute approximate surface area is 106 Å². The Morgan fingerprint density at radius 3 is 2.83 bits per heavy atom. The minimum absolute atomic E-state index is 0.0258. The second kappa shape index (κ2) is 5.45. The van der Waals surface area contributed by atoms with Gasteiger partial charge < -0.3 is 4.74 Å². The SMILES string of the molecule is CCOc1cccc(C(=O)c2cccnc2C)c1. The van der Waals surface area contributed by atoms with E-state index in [0.717, 1.165) is 5.69 Å². The highest BCUT2D eigenvalue weighted by atomic mass is 16.5. The van der Waals surface area contributed by atoms with E-state index in [1.165, 1.54) is 0 Å². The van der Waals surface area contributed by atoms with E-state index in [4.69, 9.17) is 4.74 Å². The van der Waals surface area contributed by atoms with Gasteiger partial charge in [0, 0.05) is 23.0 Å². The predicted molar refractivity (Wildman–Crippen MR) is 70.0 cm³/mol. The summed E-state index contributed by atoms with van der Waals surface area (Å²) < 4.78 is 5.39. The number of aryl methyl sites for hydroxylation is 1. The topological polar surface area (TPSA) is 39.2 Å². The van der Waals surface area contributed by atoms with Crippen LogP contribution in [0.4, 0.5) is 0 Å². The number of hydrogen-bond donors (Lipinski definition) is 0. The van der Waals surface area contributed by atoms with Gasteiger partial charge in [-0.1, -0.05) is 12.1 Å². The standard InChI is InChI=1S/C15H15NO2/c1-3-18-13-7-4-6-12(10-13)15(17)14-8-5-9-16-11(14)2/h4-10H,3H2,1-2H3. The second-order valence-corrected chi connectivity index (χ2v) is 3.93. The van der Waals surface area contributed by atoms with E-state index in [1.54, 1.807) is 30.5 Å². The highest BCUT2D eigenvalue weighted by Gasteiger charge is 2.12. The lowest BCUT2D eigenvalue weighted by Crippen LogP contribution is -2.05. The molecule has 0 saturated heterocycles. The summed E-state index contributed by atoms with van der Waals surface area (Å²) >= 11 is 0. The van der Waals surface area contributed by atoms with Crippen molar-refractivity contribution >= 4 is 5.78 Å². The number of pyridine rings is 1. The summed E-state index contributed by atoms with van der Waals surface area (Å²) in [6.45, 7) is 4.34. The van der Waals surface area contributed by atoms with Crippen molar-refractivity contribution in [2.24, 2.45) is 0 Å². The Morgan fingerprint density at radius 1 is 1.28 bits per heavy atom.